The van der Waals surface area contributed by atoms with Crippen molar-refractivity contribution in [3.05, 3.63) is 84.4 Å². The molecule has 5 nitrogen and oxygen atoms in total. The van der Waals surface area contributed by atoms with Crippen molar-refractivity contribution in [1.82, 2.24) is 5.43 Å². The van der Waals surface area contributed by atoms with E-state index in [0.29, 0.717) is 11.3 Å². The Morgan fingerprint density at radius 1 is 0.962 bits per heavy atom. The number of hydrazone groups is 1. The van der Waals surface area contributed by atoms with Crippen LogP contribution in [0.5, 0.6) is 11.5 Å². The SMILES string of the molecule is O=C(COc1ccccc1-c1ccccc1)NN=Cc1ccccc1O. The number of carbonyl (C=O) groups excluding carboxylic acids is 1. The lowest BCUT2D eigenvalue weighted by molar-refractivity contribution is -0.123. The van der Waals surface area contributed by atoms with Gasteiger partial charge in [-0.05, 0) is 23.8 Å². The summed E-state index contributed by atoms with van der Waals surface area (Å²) >= 11 is 0. The minimum Gasteiger partial charge on any atom is -0.507 e. The fourth-order valence-electron chi connectivity index (χ4n) is 2.39. The van der Waals surface area contributed by atoms with E-state index in [4.69, 9.17) is 4.74 Å². The number of rotatable bonds is 6. The van der Waals surface area contributed by atoms with Crippen molar-refractivity contribution < 1.29 is 14.6 Å². The molecule has 0 aliphatic carbocycles. The van der Waals surface area contributed by atoms with Gasteiger partial charge in [-0.1, -0.05) is 60.7 Å². The smallest absolute Gasteiger partial charge is 0.277 e. The van der Waals surface area contributed by atoms with Crippen LogP contribution in [0.4, 0.5) is 0 Å². The van der Waals surface area contributed by atoms with Crippen molar-refractivity contribution in [2.24, 2.45) is 5.10 Å². The molecule has 0 bridgehead atoms. The third-order valence-corrected chi connectivity index (χ3v) is 3.66. The van der Waals surface area contributed by atoms with E-state index in [0.717, 1.165) is 11.1 Å². The molecule has 0 fully saturated rings. The lowest BCUT2D eigenvalue weighted by Gasteiger charge is -2.10. The molecule has 0 aromatic heterocycles. The van der Waals surface area contributed by atoms with Crippen molar-refractivity contribution in [1.29, 1.82) is 0 Å². The summed E-state index contributed by atoms with van der Waals surface area (Å²) < 4.78 is 5.64. The molecule has 3 aromatic rings. The van der Waals surface area contributed by atoms with Gasteiger partial charge in [0.25, 0.3) is 5.91 Å². The number of benzene rings is 3. The van der Waals surface area contributed by atoms with Crippen molar-refractivity contribution in [3.63, 3.8) is 0 Å². The molecular formula is C21H18N2O3. The fraction of sp³-hybridized carbons (Fsp3) is 0.0476. The summed E-state index contributed by atoms with van der Waals surface area (Å²) in [4.78, 5) is 11.9. The first kappa shape index (κ1) is 17.2. The number of phenolic OH excluding ortho intramolecular Hbond substituents is 1. The van der Waals surface area contributed by atoms with E-state index < -0.39 is 0 Å². The number of ether oxygens (including phenoxy) is 1. The van der Waals surface area contributed by atoms with Gasteiger partial charge in [0.15, 0.2) is 6.61 Å². The minimum atomic E-state index is -0.389. The summed E-state index contributed by atoms with van der Waals surface area (Å²) in [5, 5.41) is 13.5. The number of aromatic hydroxyl groups is 1. The van der Waals surface area contributed by atoms with Crippen molar-refractivity contribution in [2.75, 3.05) is 6.61 Å². The maximum atomic E-state index is 11.9. The first-order valence-corrected chi connectivity index (χ1v) is 8.11. The Morgan fingerprint density at radius 3 is 2.46 bits per heavy atom. The van der Waals surface area contributed by atoms with Gasteiger partial charge in [-0.3, -0.25) is 4.79 Å². The quantitative estimate of drug-likeness (QED) is 0.529. The van der Waals surface area contributed by atoms with Gasteiger partial charge in [-0.25, -0.2) is 5.43 Å². The van der Waals surface area contributed by atoms with E-state index in [2.05, 4.69) is 10.5 Å². The summed E-state index contributed by atoms with van der Waals surface area (Å²) in [5.74, 6) is 0.330. The van der Waals surface area contributed by atoms with Crippen LogP contribution in [0.1, 0.15) is 5.56 Å². The molecule has 130 valence electrons. The third-order valence-electron chi connectivity index (χ3n) is 3.66. The predicted molar refractivity (Wildman–Crippen MR) is 101 cm³/mol. The Morgan fingerprint density at radius 2 is 1.65 bits per heavy atom. The molecule has 0 atom stereocenters. The maximum Gasteiger partial charge on any atom is 0.277 e. The number of hydrogen-bond donors (Lipinski definition) is 2. The van der Waals surface area contributed by atoms with Crippen molar-refractivity contribution in [3.8, 4) is 22.6 Å². The number of hydrogen-bond acceptors (Lipinski definition) is 4. The maximum absolute atomic E-state index is 11.9. The summed E-state index contributed by atoms with van der Waals surface area (Å²) in [5.41, 5.74) is 4.83. The molecule has 2 N–H and O–H groups in total. The fourth-order valence-corrected chi connectivity index (χ4v) is 2.39. The van der Waals surface area contributed by atoms with Crippen LogP contribution in [0.15, 0.2) is 84.0 Å². The number of para-hydroxylation sites is 2. The Hall–Kier alpha value is -3.60. The second kappa shape index (κ2) is 8.48. The monoisotopic (exact) mass is 346 g/mol. The van der Waals surface area contributed by atoms with Gasteiger partial charge in [-0.2, -0.15) is 5.10 Å². The van der Waals surface area contributed by atoms with E-state index in [-0.39, 0.29) is 18.3 Å². The molecule has 0 saturated carbocycles. The molecule has 0 aliphatic heterocycles. The molecule has 1 amide bonds. The van der Waals surface area contributed by atoms with Crippen LogP contribution in [0.3, 0.4) is 0 Å². The van der Waals surface area contributed by atoms with Crippen molar-refractivity contribution >= 4 is 12.1 Å². The van der Waals surface area contributed by atoms with Crippen molar-refractivity contribution in [2.45, 2.75) is 0 Å². The molecule has 3 rings (SSSR count). The van der Waals surface area contributed by atoms with Crippen LogP contribution < -0.4 is 10.2 Å². The van der Waals surface area contributed by atoms with Crippen LogP contribution in [-0.2, 0) is 4.79 Å². The average Bonchev–Trinajstić information content (AvgIpc) is 2.69. The van der Waals surface area contributed by atoms with Crippen LogP contribution in [0.2, 0.25) is 0 Å². The normalized spacial score (nSPS) is 10.6. The number of nitrogens with zero attached hydrogens (tertiary/aromatic N) is 1. The Bertz CT molecular complexity index is 908. The number of amides is 1. The first-order chi connectivity index (χ1) is 12.7. The predicted octanol–water partition coefficient (Wildman–Crippen LogP) is 3.59. The molecule has 3 aromatic carbocycles. The van der Waals surface area contributed by atoms with Gasteiger partial charge in [-0.15, -0.1) is 0 Å². The topological polar surface area (TPSA) is 70.9 Å². The number of carbonyl (C=O) groups is 1. The zero-order valence-corrected chi connectivity index (χ0v) is 14.0. The summed E-state index contributed by atoms with van der Waals surface area (Å²) in [7, 11) is 0. The highest BCUT2D eigenvalue weighted by molar-refractivity contribution is 5.85. The van der Waals surface area contributed by atoms with Crippen LogP contribution >= 0.6 is 0 Å². The number of nitrogens with one attached hydrogen (secondary N) is 1. The van der Waals surface area contributed by atoms with Gasteiger partial charge in [0.05, 0.1) is 6.21 Å². The standard InChI is InChI=1S/C21H18N2O3/c24-19-12-6-4-10-17(19)14-22-23-21(25)15-26-20-13-7-5-11-18(20)16-8-2-1-3-9-16/h1-14,24H,15H2,(H,23,25). The van der Waals surface area contributed by atoms with Crippen LogP contribution in [0, 0.1) is 0 Å². The molecule has 0 radical (unpaired) electrons. The summed E-state index contributed by atoms with van der Waals surface area (Å²) in [6.07, 6.45) is 1.38. The van der Waals surface area contributed by atoms with E-state index in [1.807, 2.05) is 54.6 Å². The lowest BCUT2D eigenvalue weighted by Crippen LogP contribution is -2.24. The average molecular weight is 346 g/mol. The summed E-state index contributed by atoms with van der Waals surface area (Å²) in [6, 6.07) is 24.1. The minimum absolute atomic E-state index is 0.0959. The molecule has 0 spiro atoms. The first-order valence-electron chi connectivity index (χ1n) is 8.11. The van der Waals surface area contributed by atoms with Gasteiger partial charge in [0.1, 0.15) is 11.5 Å². The second-order valence-corrected chi connectivity index (χ2v) is 5.50. The zero-order chi connectivity index (χ0) is 18.2. The largest absolute Gasteiger partial charge is 0.507 e. The Balaban J connectivity index is 1.60. The van der Waals surface area contributed by atoms with E-state index in [1.54, 1.807) is 24.3 Å². The Kier molecular flexibility index (Phi) is 5.62. The number of phenols is 1. The van der Waals surface area contributed by atoms with E-state index in [1.165, 1.54) is 6.21 Å². The van der Waals surface area contributed by atoms with Gasteiger partial charge >= 0.3 is 0 Å². The molecular weight excluding hydrogens is 328 g/mol. The summed E-state index contributed by atoms with van der Waals surface area (Å²) in [6.45, 7) is -0.165. The second-order valence-electron chi connectivity index (χ2n) is 5.50. The van der Waals surface area contributed by atoms with Gasteiger partial charge in [0, 0.05) is 11.1 Å². The molecule has 5 heteroatoms. The highest BCUT2D eigenvalue weighted by atomic mass is 16.5. The van der Waals surface area contributed by atoms with Crippen LogP contribution in [0.25, 0.3) is 11.1 Å². The molecule has 0 aliphatic rings. The molecule has 0 saturated heterocycles. The highest BCUT2D eigenvalue weighted by Crippen LogP contribution is 2.29. The van der Waals surface area contributed by atoms with E-state index in [9.17, 15) is 9.90 Å². The zero-order valence-electron chi connectivity index (χ0n) is 14.0. The van der Waals surface area contributed by atoms with Gasteiger partial charge in [0.2, 0.25) is 0 Å². The molecule has 26 heavy (non-hydrogen) atoms. The Labute approximate surface area is 151 Å². The lowest BCUT2D eigenvalue weighted by atomic mass is 10.1. The highest BCUT2D eigenvalue weighted by Gasteiger charge is 2.07. The third kappa shape index (κ3) is 4.48. The molecule has 0 unspecified atom stereocenters. The van der Waals surface area contributed by atoms with Gasteiger partial charge < -0.3 is 9.84 Å². The van der Waals surface area contributed by atoms with E-state index >= 15 is 0 Å². The molecule has 0 heterocycles. The van der Waals surface area contributed by atoms with Crippen LogP contribution in [-0.4, -0.2) is 23.8 Å².